The van der Waals surface area contributed by atoms with E-state index in [0.29, 0.717) is 15.0 Å². The summed E-state index contributed by atoms with van der Waals surface area (Å²) >= 11 is 0.684. The van der Waals surface area contributed by atoms with Crippen LogP contribution in [-0.4, -0.2) is 15.0 Å². The van der Waals surface area contributed by atoms with Crippen LogP contribution in [0.1, 0.15) is 20.8 Å². The number of allylic oxidation sites excluding steroid dienone is 2. The molecule has 0 aliphatic heterocycles. The molecule has 0 bridgehead atoms. The molecule has 0 spiro atoms. The van der Waals surface area contributed by atoms with E-state index in [1.54, 1.807) is 0 Å². The molecule has 0 nitrogen and oxygen atoms in total. The van der Waals surface area contributed by atoms with Gasteiger partial charge in [0.25, 0.3) is 0 Å². The summed E-state index contributed by atoms with van der Waals surface area (Å²) in [6.45, 7) is 6.22. The van der Waals surface area contributed by atoms with Gasteiger partial charge in [0, 0.05) is 0 Å². The first-order chi connectivity index (χ1) is 4.31. The summed E-state index contributed by atoms with van der Waals surface area (Å²) in [5, 5.41) is 1.28. The Morgan fingerprint density at radius 3 is 2.78 bits per heavy atom. The second-order valence-electron chi connectivity index (χ2n) is 1.58. The van der Waals surface area contributed by atoms with Gasteiger partial charge in [-0.15, -0.1) is 0 Å². The quantitative estimate of drug-likeness (QED) is 0.458. The average molecular weight is 187 g/mol. The van der Waals surface area contributed by atoms with Crippen molar-refractivity contribution in [3.05, 3.63) is 10.5 Å². The molecule has 0 aromatic carbocycles. The van der Waals surface area contributed by atoms with Gasteiger partial charge in [-0.25, -0.2) is 0 Å². The van der Waals surface area contributed by atoms with Crippen molar-refractivity contribution in [2.45, 2.75) is 26.1 Å². The van der Waals surface area contributed by atoms with Gasteiger partial charge < -0.3 is 0 Å². The van der Waals surface area contributed by atoms with E-state index in [0.717, 1.165) is 0 Å². The van der Waals surface area contributed by atoms with Crippen LogP contribution < -0.4 is 0 Å². The molecule has 1 heteroatoms. The molecule has 0 atom stereocenters. The van der Waals surface area contributed by atoms with Gasteiger partial charge in [-0.2, -0.15) is 0 Å². The Labute approximate surface area is 63.9 Å². The number of hydrogen-bond acceptors (Lipinski definition) is 0. The van der Waals surface area contributed by atoms with Crippen molar-refractivity contribution in [1.29, 1.82) is 0 Å². The van der Waals surface area contributed by atoms with E-state index in [-0.39, 0.29) is 0 Å². The Bertz CT molecular complexity index is 146. The molecule has 0 amide bonds. The molecule has 0 aromatic heterocycles. The fourth-order valence-corrected chi connectivity index (χ4v) is 1.70. The molecule has 0 unspecified atom stereocenters. The minimum absolute atomic E-state index is 0.684. The number of rotatable bonds is 2. The summed E-state index contributed by atoms with van der Waals surface area (Å²) in [5.41, 5.74) is 0. The number of hydrogen-bond donors (Lipinski definition) is 0. The van der Waals surface area contributed by atoms with Crippen LogP contribution in [-0.2, 0) is 0 Å². The van der Waals surface area contributed by atoms with Crippen LogP contribution in [0.25, 0.3) is 0 Å². The fourth-order valence-electron chi connectivity index (χ4n) is 0.443. The van der Waals surface area contributed by atoms with E-state index in [9.17, 15) is 0 Å². The van der Waals surface area contributed by atoms with E-state index in [1.165, 1.54) is 9.79 Å². The van der Waals surface area contributed by atoms with Crippen LogP contribution >= 0.6 is 0 Å². The van der Waals surface area contributed by atoms with Crippen LogP contribution in [0.15, 0.2) is 10.5 Å². The Morgan fingerprint density at radius 2 is 2.33 bits per heavy atom. The van der Waals surface area contributed by atoms with Gasteiger partial charge in [-0.1, -0.05) is 0 Å². The zero-order valence-electron chi connectivity index (χ0n) is 6.19. The third kappa shape index (κ3) is 5.69. The zero-order chi connectivity index (χ0) is 7.11. The van der Waals surface area contributed by atoms with Crippen molar-refractivity contribution < 1.29 is 0 Å². The van der Waals surface area contributed by atoms with Gasteiger partial charge in [0.15, 0.2) is 0 Å². The average Bonchev–Trinajstić information content (AvgIpc) is 1.85. The third-order valence-electron chi connectivity index (χ3n) is 0.792. The SMILES string of the molecule is CC#C/C=C(/C)[Se]CC. The van der Waals surface area contributed by atoms with E-state index >= 15 is 0 Å². The molecule has 0 aliphatic carbocycles. The molecule has 0 aromatic rings. The van der Waals surface area contributed by atoms with E-state index in [4.69, 9.17) is 0 Å². The predicted octanol–water partition coefficient (Wildman–Crippen LogP) is 2.06. The van der Waals surface area contributed by atoms with E-state index in [2.05, 4.69) is 25.7 Å². The second-order valence-corrected chi connectivity index (χ2v) is 4.75. The normalized spacial score (nSPS) is 10.3. The monoisotopic (exact) mass is 188 g/mol. The molecular weight excluding hydrogens is 175 g/mol. The standard InChI is InChI=1S/C8H12Se/c1-4-6-7-8(3)9-5-2/h7H,5H2,1-3H3/b8-7-. The molecular formula is C8H12Se. The van der Waals surface area contributed by atoms with Crippen molar-refractivity contribution in [3.63, 3.8) is 0 Å². The molecule has 0 heterocycles. The Morgan fingerprint density at radius 1 is 1.67 bits per heavy atom. The van der Waals surface area contributed by atoms with Gasteiger partial charge in [-0.05, 0) is 0 Å². The molecule has 0 radical (unpaired) electrons. The maximum atomic E-state index is 2.94. The third-order valence-corrected chi connectivity index (χ3v) is 2.60. The Balaban J connectivity index is 3.64. The van der Waals surface area contributed by atoms with Gasteiger partial charge >= 0.3 is 63.4 Å². The maximum absolute atomic E-state index is 2.94. The molecule has 50 valence electrons. The Kier molecular flexibility index (Phi) is 5.83. The van der Waals surface area contributed by atoms with E-state index in [1.807, 2.05) is 13.0 Å². The van der Waals surface area contributed by atoms with Crippen molar-refractivity contribution in [1.82, 2.24) is 0 Å². The Hall–Kier alpha value is -0.181. The summed E-state index contributed by atoms with van der Waals surface area (Å²) < 4.78 is 1.44. The first-order valence-electron chi connectivity index (χ1n) is 3.03. The molecule has 0 rings (SSSR count). The summed E-state index contributed by atoms with van der Waals surface area (Å²) in [4.78, 5) is 0. The summed E-state index contributed by atoms with van der Waals surface area (Å²) in [7, 11) is 0. The summed E-state index contributed by atoms with van der Waals surface area (Å²) in [6.07, 6.45) is 2.02. The van der Waals surface area contributed by atoms with Gasteiger partial charge in [0.05, 0.1) is 0 Å². The van der Waals surface area contributed by atoms with Crippen LogP contribution in [0.5, 0.6) is 0 Å². The molecule has 0 fully saturated rings. The van der Waals surface area contributed by atoms with Gasteiger partial charge in [-0.3, -0.25) is 0 Å². The summed E-state index contributed by atoms with van der Waals surface area (Å²) in [6, 6.07) is 0. The van der Waals surface area contributed by atoms with Crippen molar-refractivity contribution in [2.75, 3.05) is 0 Å². The van der Waals surface area contributed by atoms with Gasteiger partial charge in [0.1, 0.15) is 0 Å². The molecule has 0 N–H and O–H groups in total. The van der Waals surface area contributed by atoms with Gasteiger partial charge in [0.2, 0.25) is 0 Å². The first kappa shape index (κ1) is 8.82. The molecule has 0 aliphatic rings. The van der Waals surface area contributed by atoms with Crippen LogP contribution in [0.4, 0.5) is 0 Å². The predicted molar refractivity (Wildman–Crippen MR) is 43.4 cm³/mol. The van der Waals surface area contributed by atoms with E-state index < -0.39 is 0 Å². The van der Waals surface area contributed by atoms with Crippen LogP contribution in [0.3, 0.4) is 0 Å². The molecule has 0 saturated heterocycles. The molecule has 0 saturated carbocycles. The zero-order valence-corrected chi connectivity index (χ0v) is 7.91. The fraction of sp³-hybridized carbons (Fsp3) is 0.500. The topological polar surface area (TPSA) is 0 Å². The van der Waals surface area contributed by atoms with Crippen LogP contribution in [0, 0.1) is 11.8 Å². The summed E-state index contributed by atoms with van der Waals surface area (Å²) in [5.74, 6) is 5.78. The van der Waals surface area contributed by atoms with Crippen molar-refractivity contribution in [2.24, 2.45) is 0 Å². The van der Waals surface area contributed by atoms with Crippen LogP contribution in [0.2, 0.25) is 5.32 Å². The minimum atomic E-state index is 0.684. The molecule has 9 heavy (non-hydrogen) atoms. The van der Waals surface area contributed by atoms with Crippen molar-refractivity contribution in [3.8, 4) is 11.8 Å². The van der Waals surface area contributed by atoms with Crippen molar-refractivity contribution >= 4 is 15.0 Å². The second kappa shape index (κ2) is 5.95. The first-order valence-corrected chi connectivity index (χ1v) is 5.10.